The molecule has 1 atom stereocenters. The molecule has 0 saturated carbocycles. The van der Waals surface area contributed by atoms with Crippen LogP contribution >= 0.6 is 11.3 Å². The van der Waals surface area contributed by atoms with Gasteiger partial charge in [0, 0.05) is 18.4 Å². The van der Waals surface area contributed by atoms with E-state index in [1.807, 2.05) is 19.1 Å². The third-order valence-corrected chi connectivity index (χ3v) is 5.35. The number of benzene rings is 1. The van der Waals surface area contributed by atoms with Gasteiger partial charge in [-0.25, -0.2) is 9.78 Å². The summed E-state index contributed by atoms with van der Waals surface area (Å²) >= 11 is 1.05. The van der Waals surface area contributed by atoms with Crippen molar-refractivity contribution in [3.05, 3.63) is 51.0 Å². The molecule has 0 bridgehead atoms. The minimum Gasteiger partial charge on any atom is -0.477 e. The number of rotatable bonds is 8. The van der Waals surface area contributed by atoms with Crippen molar-refractivity contribution in [1.29, 1.82) is 0 Å². The monoisotopic (exact) mass is 374 g/mol. The van der Waals surface area contributed by atoms with Crippen LogP contribution in [0.3, 0.4) is 0 Å². The predicted molar refractivity (Wildman–Crippen MR) is 99.8 cm³/mol. The van der Waals surface area contributed by atoms with Gasteiger partial charge in [-0.05, 0) is 25.8 Å². The van der Waals surface area contributed by atoms with Gasteiger partial charge >= 0.3 is 5.97 Å². The lowest BCUT2D eigenvalue weighted by Gasteiger charge is -2.11. The van der Waals surface area contributed by atoms with E-state index < -0.39 is 12.0 Å². The zero-order chi connectivity index (χ0) is 19.3. The van der Waals surface area contributed by atoms with Crippen LogP contribution < -0.4 is 5.32 Å². The summed E-state index contributed by atoms with van der Waals surface area (Å²) < 4.78 is 0. The minimum atomic E-state index is -1.02. The number of thiazole rings is 1. The molecule has 0 radical (unpaired) electrons. The standard InChI is InChI=1S/C19H22N2O4S/c1-4-13-5-7-14(8-6-13)15(22)9-10-16(23)20-12(3)18-21-11(2)17(26-18)19(24)25/h5-8,12H,4,9-10H2,1-3H3,(H,20,23)(H,24,25). The van der Waals surface area contributed by atoms with Crippen LogP contribution in [0.4, 0.5) is 0 Å². The lowest BCUT2D eigenvalue weighted by Crippen LogP contribution is -2.26. The van der Waals surface area contributed by atoms with Crippen LogP contribution in [-0.2, 0) is 11.2 Å². The molecule has 0 aliphatic carbocycles. The van der Waals surface area contributed by atoms with Crippen LogP contribution in [-0.4, -0.2) is 27.8 Å². The normalized spacial score (nSPS) is 11.8. The first-order valence-corrected chi connectivity index (χ1v) is 9.25. The summed E-state index contributed by atoms with van der Waals surface area (Å²) in [5, 5.41) is 12.4. The molecule has 2 aromatic rings. The molecule has 6 nitrogen and oxygen atoms in total. The van der Waals surface area contributed by atoms with Crippen molar-refractivity contribution in [3.8, 4) is 0 Å². The van der Waals surface area contributed by atoms with E-state index in [4.69, 9.17) is 5.11 Å². The first-order valence-electron chi connectivity index (χ1n) is 8.44. The fraction of sp³-hybridized carbons (Fsp3) is 0.368. The number of carboxylic acids is 1. The van der Waals surface area contributed by atoms with Crippen molar-refractivity contribution in [1.82, 2.24) is 10.3 Å². The second-order valence-corrected chi connectivity index (χ2v) is 7.07. The molecule has 2 N–H and O–H groups in total. The quantitative estimate of drug-likeness (QED) is 0.689. The zero-order valence-electron chi connectivity index (χ0n) is 15.0. The van der Waals surface area contributed by atoms with Gasteiger partial charge in [-0.15, -0.1) is 11.3 Å². The third-order valence-electron chi connectivity index (χ3n) is 4.02. The molecule has 0 aliphatic heterocycles. The van der Waals surface area contributed by atoms with E-state index in [0.717, 1.165) is 23.3 Å². The maximum absolute atomic E-state index is 12.2. The molecule has 0 fully saturated rings. The minimum absolute atomic E-state index is 0.0753. The molecule has 2 rings (SSSR count). The van der Waals surface area contributed by atoms with Gasteiger partial charge in [-0.3, -0.25) is 9.59 Å². The lowest BCUT2D eigenvalue weighted by molar-refractivity contribution is -0.121. The predicted octanol–water partition coefficient (Wildman–Crippen LogP) is 3.55. The van der Waals surface area contributed by atoms with Crippen molar-refractivity contribution < 1.29 is 19.5 Å². The fourth-order valence-corrected chi connectivity index (χ4v) is 3.38. The number of nitrogens with one attached hydrogen (secondary N) is 1. The number of amides is 1. The van der Waals surface area contributed by atoms with Crippen LogP contribution in [0.2, 0.25) is 0 Å². The fourth-order valence-electron chi connectivity index (χ4n) is 2.47. The number of hydrogen-bond acceptors (Lipinski definition) is 5. The van der Waals surface area contributed by atoms with Gasteiger partial charge in [-0.2, -0.15) is 0 Å². The summed E-state index contributed by atoms with van der Waals surface area (Å²) in [6, 6.07) is 7.00. The van der Waals surface area contributed by atoms with E-state index in [2.05, 4.69) is 10.3 Å². The molecule has 1 amide bonds. The van der Waals surface area contributed by atoms with Crippen LogP contribution in [0.1, 0.15) is 69.0 Å². The van der Waals surface area contributed by atoms with Crippen molar-refractivity contribution in [2.75, 3.05) is 0 Å². The Morgan fingerprint density at radius 2 is 1.85 bits per heavy atom. The number of carbonyl (C=O) groups is 3. The van der Waals surface area contributed by atoms with Crippen molar-refractivity contribution in [3.63, 3.8) is 0 Å². The summed E-state index contributed by atoms with van der Waals surface area (Å²) in [7, 11) is 0. The molecular formula is C19H22N2O4S. The van der Waals surface area contributed by atoms with Crippen molar-refractivity contribution in [2.24, 2.45) is 0 Å². The van der Waals surface area contributed by atoms with Gasteiger partial charge in [0.05, 0.1) is 11.7 Å². The molecule has 138 valence electrons. The van der Waals surface area contributed by atoms with E-state index in [9.17, 15) is 14.4 Å². The molecule has 7 heteroatoms. The molecule has 0 spiro atoms. The summed E-state index contributed by atoms with van der Waals surface area (Å²) in [6.45, 7) is 5.42. The number of carbonyl (C=O) groups excluding carboxylic acids is 2. The third kappa shape index (κ3) is 4.98. The largest absolute Gasteiger partial charge is 0.477 e. The number of hydrogen-bond donors (Lipinski definition) is 2. The Morgan fingerprint density at radius 1 is 1.19 bits per heavy atom. The van der Waals surface area contributed by atoms with Gasteiger partial charge in [0.1, 0.15) is 9.88 Å². The lowest BCUT2D eigenvalue weighted by atomic mass is 10.0. The number of aryl methyl sites for hydroxylation is 2. The van der Waals surface area contributed by atoms with Crippen molar-refractivity contribution in [2.45, 2.75) is 46.1 Å². The maximum atomic E-state index is 12.2. The van der Waals surface area contributed by atoms with Gasteiger partial charge in [-0.1, -0.05) is 31.2 Å². The van der Waals surface area contributed by atoms with Crippen LogP contribution in [0.25, 0.3) is 0 Å². The van der Waals surface area contributed by atoms with Gasteiger partial charge in [0.15, 0.2) is 5.78 Å². The number of aromatic nitrogens is 1. The highest BCUT2D eigenvalue weighted by molar-refractivity contribution is 7.13. The molecule has 26 heavy (non-hydrogen) atoms. The highest BCUT2D eigenvalue weighted by Crippen LogP contribution is 2.23. The van der Waals surface area contributed by atoms with Gasteiger partial charge in [0.2, 0.25) is 5.91 Å². The average molecular weight is 374 g/mol. The van der Waals surface area contributed by atoms with Crippen LogP contribution in [0.15, 0.2) is 24.3 Å². The Morgan fingerprint density at radius 3 is 2.38 bits per heavy atom. The second-order valence-electron chi connectivity index (χ2n) is 6.03. The summed E-state index contributed by atoms with van der Waals surface area (Å²) in [6.07, 6.45) is 1.12. The molecule has 1 aromatic carbocycles. The highest BCUT2D eigenvalue weighted by Gasteiger charge is 2.19. The summed E-state index contributed by atoms with van der Waals surface area (Å²) in [5.74, 6) is -1.36. The smallest absolute Gasteiger partial charge is 0.347 e. The molecule has 0 aliphatic rings. The Hall–Kier alpha value is -2.54. The Kier molecular flexibility index (Phi) is 6.63. The Balaban J connectivity index is 1.88. The number of carboxylic acid groups (broad SMARTS) is 1. The maximum Gasteiger partial charge on any atom is 0.347 e. The van der Waals surface area contributed by atoms with Crippen LogP contribution in [0, 0.1) is 6.92 Å². The van der Waals surface area contributed by atoms with Crippen molar-refractivity contribution >= 4 is 29.0 Å². The summed E-state index contributed by atoms with van der Waals surface area (Å²) in [4.78, 5) is 39.7. The molecule has 1 unspecified atom stereocenters. The van der Waals surface area contributed by atoms with Crippen LogP contribution in [0.5, 0.6) is 0 Å². The highest BCUT2D eigenvalue weighted by atomic mass is 32.1. The number of aromatic carboxylic acids is 1. The average Bonchev–Trinajstić information content (AvgIpc) is 3.02. The molecular weight excluding hydrogens is 352 g/mol. The molecule has 1 heterocycles. The van der Waals surface area contributed by atoms with E-state index in [1.165, 1.54) is 0 Å². The Bertz CT molecular complexity index is 811. The Labute approximate surface area is 156 Å². The van der Waals surface area contributed by atoms with E-state index >= 15 is 0 Å². The first-order chi connectivity index (χ1) is 12.3. The number of ketones is 1. The SMILES string of the molecule is CCc1ccc(C(=O)CCC(=O)NC(C)c2nc(C)c(C(=O)O)s2)cc1. The molecule has 1 aromatic heterocycles. The topological polar surface area (TPSA) is 96.4 Å². The van der Waals surface area contributed by atoms with E-state index in [1.54, 1.807) is 26.0 Å². The van der Waals surface area contributed by atoms with E-state index in [0.29, 0.717) is 16.3 Å². The first kappa shape index (κ1) is 19.8. The van der Waals surface area contributed by atoms with E-state index in [-0.39, 0.29) is 29.4 Å². The van der Waals surface area contributed by atoms with Gasteiger partial charge in [0.25, 0.3) is 0 Å². The number of Topliss-reactive ketones (excluding diaryl/α,β-unsaturated/α-hetero) is 1. The van der Waals surface area contributed by atoms with Gasteiger partial charge < -0.3 is 10.4 Å². The summed E-state index contributed by atoms with van der Waals surface area (Å²) in [5.41, 5.74) is 2.20. The number of nitrogens with zero attached hydrogens (tertiary/aromatic N) is 1. The zero-order valence-corrected chi connectivity index (χ0v) is 15.9. The molecule has 0 saturated heterocycles. The second kappa shape index (κ2) is 8.71.